The highest BCUT2D eigenvalue weighted by Gasteiger charge is 2.40. The van der Waals surface area contributed by atoms with Gasteiger partial charge in [-0.15, -0.1) is 0 Å². The lowest BCUT2D eigenvalue weighted by molar-refractivity contribution is 0.117. The summed E-state index contributed by atoms with van der Waals surface area (Å²) in [7, 11) is -3.05. The van der Waals surface area contributed by atoms with Gasteiger partial charge in [-0.25, -0.2) is 4.79 Å². The number of amides is 1. The van der Waals surface area contributed by atoms with Crippen LogP contribution >= 0.6 is 0 Å². The van der Waals surface area contributed by atoms with Crippen molar-refractivity contribution in [3.8, 4) is 0 Å². The molecule has 0 radical (unpaired) electrons. The average molecular weight is 467 g/mol. The first-order chi connectivity index (χ1) is 14.2. The molecule has 176 valence electrons. The molecule has 8 heteroatoms. The molecule has 1 N–H and O–H groups in total. The van der Waals surface area contributed by atoms with Crippen molar-refractivity contribution < 1.29 is 14.0 Å². The number of pyridine rings is 1. The van der Waals surface area contributed by atoms with Crippen LogP contribution in [0.2, 0.25) is 43.8 Å². The van der Waals surface area contributed by atoms with Gasteiger partial charge in [0.05, 0.1) is 6.61 Å². The van der Waals surface area contributed by atoms with Crippen LogP contribution < -0.4 is 10.9 Å². The van der Waals surface area contributed by atoms with Crippen molar-refractivity contribution in [1.82, 2.24) is 4.57 Å². The lowest BCUT2D eigenvalue weighted by Crippen LogP contribution is -2.45. The van der Waals surface area contributed by atoms with Crippen molar-refractivity contribution in [3.63, 3.8) is 0 Å². The number of carbonyl (C=O) groups excluding carboxylic acids is 1. The zero-order chi connectivity index (χ0) is 23.4. The van der Waals surface area contributed by atoms with Crippen LogP contribution in [0.25, 0.3) is 0 Å². The summed E-state index contributed by atoms with van der Waals surface area (Å²) in [4.78, 5) is 25.1. The second kappa shape index (κ2) is 10.0. The molecule has 0 spiro atoms. The summed E-state index contributed by atoms with van der Waals surface area (Å²) < 4.78 is 13.6. The molecule has 1 aromatic rings. The zero-order valence-electron chi connectivity index (χ0n) is 20.7. The van der Waals surface area contributed by atoms with Crippen molar-refractivity contribution in [2.24, 2.45) is 0 Å². The first-order valence-corrected chi connectivity index (χ1v) is 18.1. The SMILES string of the molecule is CC(C)(C)[Si](C)(C)OC1CCC(n2cccc(NC(=O)OCC[Si](C)(C)C)c2=O)CC1. The van der Waals surface area contributed by atoms with Gasteiger partial charge in [-0.1, -0.05) is 40.4 Å². The molecule has 0 aromatic carbocycles. The summed E-state index contributed by atoms with van der Waals surface area (Å²) >= 11 is 0. The van der Waals surface area contributed by atoms with E-state index in [2.05, 4.69) is 58.8 Å². The van der Waals surface area contributed by atoms with E-state index in [9.17, 15) is 9.59 Å². The molecule has 1 saturated carbocycles. The quantitative estimate of drug-likeness (QED) is 0.483. The van der Waals surface area contributed by atoms with E-state index in [-0.39, 0.29) is 28.4 Å². The first-order valence-electron chi connectivity index (χ1n) is 11.5. The third kappa shape index (κ3) is 7.61. The number of nitrogens with zero attached hydrogens (tertiary/aromatic N) is 1. The van der Waals surface area contributed by atoms with E-state index >= 15 is 0 Å². The van der Waals surface area contributed by atoms with Crippen LogP contribution in [0.15, 0.2) is 23.1 Å². The molecule has 1 heterocycles. The molecular formula is C23H42N2O4Si2. The fraction of sp³-hybridized carbons (Fsp3) is 0.739. The number of ether oxygens (including phenoxy) is 1. The first kappa shape index (κ1) is 25.9. The molecule has 31 heavy (non-hydrogen) atoms. The molecule has 0 aliphatic heterocycles. The van der Waals surface area contributed by atoms with Crippen molar-refractivity contribution in [2.75, 3.05) is 11.9 Å². The van der Waals surface area contributed by atoms with Gasteiger partial charge in [0, 0.05) is 26.4 Å². The molecule has 6 nitrogen and oxygen atoms in total. The van der Waals surface area contributed by atoms with Crippen molar-refractivity contribution in [2.45, 2.75) is 102 Å². The Morgan fingerprint density at radius 3 is 2.29 bits per heavy atom. The van der Waals surface area contributed by atoms with Crippen LogP contribution in [0.1, 0.15) is 52.5 Å². The number of rotatable bonds is 7. The van der Waals surface area contributed by atoms with Crippen LogP contribution in [-0.4, -0.2) is 39.8 Å². The third-order valence-electron chi connectivity index (χ3n) is 6.60. The molecule has 0 unspecified atom stereocenters. The van der Waals surface area contributed by atoms with E-state index in [1.54, 1.807) is 10.6 Å². The molecule has 1 fully saturated rings. The second-order valence-corrected chi connectivity index (χ2v) is 21.9. The highest BCUT2D eigenvalue weighted by Crippen LogP contribution is 2.40. The maximum absolute atomic E-state index is 13.0. The molecule has 0 atom stereocenters. The molecule has 0 saturated heterocycles. The van der Waals surface area contributed by atoms with Crippen molar-refractivity contribution >= 4 is 28.2 Å². The number of hydrogen-bond donors (Lipinski definition) is 1. The number of nitrogens with one attached hydrogen (secondary N) is 1. The monoisotopic (exact) mass is 466 g/mol. The van der Waals surface area contributed by atoms with Crippen molar-refractivity contribution in [3.05, 3.63) is 28.7 Å². The Balaban J connectivity index is 1.95. The summed E-state index contributed by atoms with van der Waals surface area (Å²) in [5.41, 5.74) is 0.110. The number of hydrogen-bond acceptors (Lipinski definition) is 4. The van der Waals surface area contributed by atoms with Gasteiger partial charge >= 0.3 is 6.09 Å². The van der Waals surface area contributed by atoms with E-state index in [4.69, 9.17) is 9.16 Å². The van der Waals surface area contributed by atoms with E-state index in [1.165, 1.54) is 0 Å². The molecule has 1 amide bonds. The Bertz CT molecular complexity index is 801. The van der Waals surface area contributed by atoms with Gasteiger partial charge in [0.15, 0.2) is 8.32 Å². The van der Waals surface area contributed by atoms with Crippen LogP contribution in [0.4, 0.5) is 10.5 Å². The van der Waals surface area contributed by atoms with E-state index in [0.29, 0.717) is 6.61 Å². The molecule has 1 aliphatic carbocycles. The highest BCUT2D eigenvalue weighted by molar-refractivity contribution is 6.76. The lowest BCUT2D eigenvalue weighted by atomic mass is 9.93. The third-order valence-corrected chi connectivity index (χ3v) is 12.8. The molecule has 2 rings (SSSR count). The van der Waals surface area contributed by atoms with Crippen LogP contribution in [-0.2, 0) is 9.16 Å². The van der Waals surface area contributed by atoms with Crippen LogP contribution in [0.3, 0.4) is 0 Å². The topological polar surface area (TPSA) is 69.6 Å². The molecular weight excluding hydrogens is 424 g/mol. The Hall–Kier alpha value is -1.39. The number of carbonyl (C=O) groups is 1. The Morgan fingerprint density at radius 1 is 1.13 bits per heavy atom. The predicted octanol–water partition coefficient (Wildman–Crippen LogP) is 6.24. The standard InChI is InChI=1S/C23H42N2O4Si2/c1-23(2,3)31(7,8)29-19-13-11-18(12-14-19)25-15-9-10-20(21(25)26)24-22(27)28-16-17-30(4,5)6/h9-10,15,18-19H,11-14,16-17H2,1-8H3,(H,24,27). The lowest BCUT2D eigenvalue weighted by Gasteiger charge is -2.41. The summed E-state index contributed by atoms with van der Waals surface area (Å²) in [5.74, 6) is 0. The zero-order valence-corrected chi connectivity index (χ0v) is 22.7. The smallest absolute Gasteiger partial charge is 0.411 e. The van der Waals surface area contributed by atoms with E-state index in [1.807, 2.05) is 12.3 Å². The summed E-state index contributed by atoms with van der Waals surface area (Å²) in [6, 6.07) is 4.50. The molecule has 1 aromatic heterocycles. The van der Waals surface area contributed by atoms with Crippen LogP contribution in [0, 0.1) is 0 Å². The molecule has 0 bridgehead atoms. The Labute approximate surface area is 189 Å². The normalized spacial score (nSPS) is 20.4. The van der Waals surface area contributed by atoms with Gasteiger partial charge < -0.3 is 13.7 Å². The summed E-state index contributed by atoms with van der Waals surface area (Å²) in [6.45, 7) is 18.5. The highest BCUT2D eigenvalue weighted by atomic mass is 28.4. The van der Waals surface area contributed by atoms with Gasteiger partial charge in [-0.05, 0) is 62.0 Å². The largest absolute Gasteiger partial charge is 0.450 e. The Kier molecular flexibility index (Phi) is 8.38. The van der Waals surface area contributed by atoms with Crippen molar-refractivity contribution in [1.29, 1.82) is 0 Å². The minimum absolute atomic E-state index is 0.136. The van der Waals surface area contributed by atoms with Gasteiger partial charge in [0.1, 0.15) is 5.69 Å². The summed E-state index contributed by atoms with van der Waals surface area (Å²) in [5, 5.41) is 2.83. The van der Waals surface area contributed by atoms with Gasteiger partial charge in [0.2, 0.25) is 0 Å². The second-order valence-electron chi connectivity index (χ2n) is 11.5. The van der Waals surface area contributed by atoms with Gasteiger partial charge in [-0.2, -0.15) is 0 Å². The maximum Gasteiger partial charge on any atom is 0.411 e. The molecule has 1 aliphatic rings. The minimum atomic E-state index is -1.78. The Morgan fingerprint density at radius 2 is 1.74 bits per heavy atom. The maximum atomic E-state index is 13.0. The van der Waals surface area contributed by atoms with E-state index in [0.717, 1.165) is 31.7 Å². The number of aromatic nitrogens is 1. The van der Waals surface area contributed by atoms with Gasteiger partial charge in [0.25, 0.3) is 5.56 Å². The fourth-order valence-corrected chi connectivity index (χ4v) is 5.66. The predicted molar refractivity (Wildman–Crippen MR) is 133 cm³/mol. The minimum Gasteiger partial charge on any atom is -0.450 e. The summed E-state index contributed by atoms with van der Waals surface area (Å²) in [6.07, 6.45) is 5.27. The van der Waals surface area contributed by atoms with E-state index < -0.39 is 22.5 Å². The van der Waals surface area contributed by atoms with Gasteiger partial charge in [-0.3, -0.25) is 10.1 Å². The average Bonchev–Trinajstić information content (AvgIpc) is 2.62. The number of anilines is 1. The fourth-order valence-electron chi connectivity index (χ4n) is 3.52. The van der Waals surface area contributed by atoms with Crippen LogP contribution in [0.5, 0.6) is 0 Å².